The number of sulfonamides is 1. The van der Waals surface area contributed by atoms with Gasteiger partial charge in [0.15, 0.2) is 0 Å². The Morgan fingerprint density at radius 1 is 1.25 bits per heavy atom. The maximum atomic E-state index is 12.5. The van der Waals surface area contributed by atoms with E-state index >= 15 is 0 Å². The van der Waals surface area contributed by atoms with Gasteiger partial charge in [0.25, 0.3) is 0 Å². The molecule has 28 heavy (non-hydrogen) atoms. The Kier molecular flexibility index (Phi) is 7.00. The van der Waals surface area contributed by atoms with E-state index in [9.17, 15) is 8.42 Å². The van der Waals surface area contributed by atoms with Crippen molar-refractivity contribution < 1.29 is 13.2 Å². The van der Waals surface area contributed by atoms with Gasteiger partial charge in [-0.2, -0.15) is 9.41 Å². The van der Waals surface area contributed by atoms with Crippen molar-refractivity contribution in [1.82, 2.24) is 9.29 Å². The lowest BCUT2D eigenvalue weighted by Crippen LogP contribution is -2.35. The average Bonchev–Trinajstić information content (AvgIpc) is 3.19. The molecule has 0 bridgehead atoms. The van der Waals surface area contributed by atoms with Crippen LogP contribution >= 0.6 is 11.3 Å². The molecule has 2 aromatic heterocycles. The molecular weight excluding hydrogens is 398 g/mol. The molecule has 3 heterocycles. The molecule has 3 rings (SSSR count). The van der Waals surface area contributed by atoms with Crippen molar-refractivity contribution in [2.24, 2.45) is 5.10 Å². The molecule has 2 aromatic rings. The van der Waals surface area contributed by atoms with Gasteiger partial charge in [-0.25, -0.2) is 13.4 Å². The quantitative estimate of drug-likeness (QED) is 0.518. The Morgan fingerprint density at radius 3 is 2.64 bits per heavy atom. The van der Waals surface area contributed by atoms with Crippen molar-refractivity contribution in [2.75, 3.05) is 49.7 Å². The maximum Gasteiger partial charge on any atom is 0.244 e. The van der Waals surface area contributed by atoms with Crippen molar-refractivity contribution >= 4 is 38.4 Å². The topological polar surface area (TPSA) is 87.1 Å². The van der Waals surface area contributed by atoms with Gasteiger partial charge in [-0.3, -0.25) is 5.43 Å². The predicted octanol–water partition coefficient (Wildman–Crippen LogP) is 2.46. The molecule has 152 valence electrons. The number of pyridine rings is 1. The van der Waals surface area contributed by atoms with Crippen LogP contribution in [0.25, 0.3) is 0 Å². The molecule has 1 fully saturated rings. The fourth-order valence-corrected chi connectivity index (χ4v) is 5.17. The third-order valence-electron chi connectivity index (χ3n) is 4.39. The Labute approximate surface area is 169 Å². The van der Waals surface area contributed by atoms with Crippen molar-refractivity contribution in [3.8, 4) is 0 Å². The minimum atomic E-state index is -3.50. The first-order chi connectivity index (χ1) is 13.5. The number of hydrogen-bond acceptors (Lipinski definition) is 8. The van der Waals surface area contributed by atoms with Gasteiger partial charge in [-0.1, -0.05) is 13.8 Å². The highest BCUT2D eigenvalue weighted by Gasteiger charge is 2.21. The largest absolute Gasteiger partial charge is 0.378 e. The van der Waals surface area contributed by atoms with Gasteiger partial charge in [0.1, 0.15) is 10.7 Å². The smallest absolute Gasteiger partial charge is 0.244 e. The molecular formula is C18H25N5O3S2. The second-order valence-electron chi connectivity index (χ2n) is 6.11. The molecule has 0 saturated carbocycles. The highest BCUT2D eigenvalue weighted by molar-refractivity contribution is 7.89. The molecule has 1 N–H and O–H groups in total. The predicted molar refractivity (Wildman–Crippen MR) is 113 cm³/mol. The summed E-state index contributed by atoms with van der Waals surface area (Å²) in [5, 5.41) is 5.40. The Morgan fingerprint density at radius 2 is 2.00 bits per heavy atom. The van der Waals surface area contributed by atoms with E-state index in [1.165, 1.54) is 15.5 Å². The molecule has 0 unspecified atom stereocenters. The van der Waals surface area contributed by atoms with Crippen LogP contribution in [0.3, 0.4) is 0 Å². The van der Waals surface area contributed by atoms with Crippen molar-refractivity contribution in [3.05, 3.63) is 35.3 Å². The summed E-state index contributed by atoms with van der Waals surface area (Å²) in [5.74, 6) is 0.486. The van der Waals surface area contributed by atoms with Gasteiger partial charge in [0, 0.05) is 37.3 Å². The molecule has 0 radical (unpaired) electrons. The summed E-state index contributed by atoms with van der Waals surface area (Å²) in [4.78, 5) is 7.66. The number of aromatic nitrogens is 1. The zero-order chi connectivity index (χ0) is 20.0. The number of rotatable bonds is 8. The fourth-order valence-electron chi connectivity index (χ4n) is 2.84. The summed E-state index contributed by atoms with van der Waals surface area (Å²) in [6.45, 7) is 7.81. The molecule has 1 aliphatic rings. The SMILES string of the molecule is CCN(CC)S(=O)(=O)c1ccc(NN=Cc2ccc(N3CCOCC3)s2)nc1. The molecule has 0 aromatic carbocycles. The van der Waals surface area contributed by atoms with Gasteiger partial charge >= 0.3 is 0 Å². The summed E-state index contributed by atoms with van der Waals surface area (Å²) in [6, 6.07) is 7.26. The standard InChI is InChI=1S/C18H25N5O3S2/c1-3-23(4-2)28(24,25)16-6-7-17(19-14-16)21-20-13-15-5-8-18(27-15)22-9-11-26-12-10-22/h5-8,13-14H,3-4,9-12H2,1-2H3,(H,19,21). The van der Waals surface area contributed by atoms with Crippen LogP contribution in [0.2, 0.25) is 0 Å². The van der Waals surface area contributed by atoms with E-state index in [0.717, 1.165) is 31.2 Å². The third-order valence-corrected chi connectivity index (χ3v) is 7.50. The van der Waals surface area contributed by atoms with Crippen LogP contribution in [0.4, 0.5) is 10.8 Å². The van der Waals surface area contributed by atoms with Gasteiger partial charge in [-0.05, 0) is 24.3 Å². The molecule has 1 aliphatic heterocycles. The van der Waals surface area contributed by atoms with E-state index in [4.69, 9.17) is 4.74 Å². The number of nitrogens with one attached hydrogen (secondary N) is 1. The summed E-state index contributed by atoms with van der Waals surface area (Å²) in [5.41, 5.74) is 2.84. The average molecular weight is 424 g/mol. The van der Waals surface area contributed by atoms with Gasteiger partial charge < -0.3 is 9.64 Å². The summed E-state index contributed by atoms with van der Waals surface area (Å²) >= 11 is 1.66. The zero-order valence-electron chi connectivity index (χ0n) is 16.0. The second-order valence-corrected chi connectivity index (χ2v) is 9.15. The van der Waals surface area contributed by atoms with E-state index in [-0.39, 0.29) is 4.90 Å². The summed E-state index contributed by atoms with van der Waals surface area (Å²) in [7, 11) is -3.50. The van der Waals surface area contributed by atoms with Crippen molar-refractivity contribution in [2.45, 2.75) is 18.7 Å². The molecule has 0 spiro atoms. The van der Waals surface area contributed by atoms with Gasteiger partial charge in [-0.15, -0.1) is 11.3 Å². The van der Waals surface area contributed by atoms with Gasteiger partial charge in [0.2, 0.25) is 10.0 Å². The van der Waals surface area contributed by atoms with Crippen molar-refractivity contribution in [3.63, 3.8) is 0 Å². The number of hydrazone groups is 1. The van der Waals surface area contributed by atoms with E-state index in [1.54, 1.807) is 29.7 Å². The number of nitrogens with zero attached hydrogens (tertiary/aromatic N) is 4. The monoisotopic (exact) mass is 423 g/mol. The molecule has 8 nitrogen and oxygen atoms in total. The maximum absolute atomic E-state index is 12.5. The summed E-state index contributed by atoms with van der Waals surface area (Å²) < 4.78 is 31.7. The molecule has 0 aliphatic carbocycles. The number of ether oxygens (including phenoxy) is 1. The fraction of sp³-hybridized carbons (Fsp3) is 0.444. The van der Waals surface area contributed by atoms with Crippen LogP contribution in [-0.2, 0) is 14.8 Å². The highest BCUT2D eigenvalue weighted by Crippen LogP contribution is 2.25. The number of hydrogen-bond donors (Lipinski definition) is 1. The minimum Gasteiger partial charge on any atom is -0.378 e. The van der Waals surface area contributed by atoms with Crippen molar-refractivity contribution in [1.29, 1.82) is 0 Å². The zero-order valence-corrected chi connectivity index (χ0v) is 17.7. The Hall–Kier alpha value is -2.01. The van der Waals surface area contributed by atoms with Crippen LogP contribution in [0, 0.1) is 0 Å². The first-order valence-corrected chi connectivity index (χ1v) is 11.5. The first kappa shape index (κ1) is 20.7. The molecule has 1 saturated heterocycles. The number of thiophene rings is 1. The van der Waals surface area contributed by atoms with E-state index in [1.807, 2.05) is 19.9 Å². The number of morpholine rings is 1. The normalized spacial score (nSPS) is 15.5. The summed E-state index contributed by atoms with van der Waals surface area (Å²) in [6.07, 6.45) is 3.09. The first-order valence-electron chi connectivity index (χ1n) is 9.22. The second kappa shape index (κ2) is 9.46. The van der Waals surface area contributed by atoms with E-state index in [0.29, 0.717) is 18.9 Å². The third kappa shape index (κ3) is 4.88. The van der Waals surface area contributed by atoms with Crippen LogP contribution < -0.4 is 10.3 Å². The Balaban J connectivity index is 1.60. The lowest BCUT2D eigenvalue weighted by atomic mass is 10.4. The highest BCUT2D eigenvalue weighted by atomic mass is 32.2. The van der Waals surface area contributed by atoms with Gasteiger partial charge in [0.05, 0.1) is 24.4 Å². The minimum absolute atomic E-state index is 0.180. The molecule has 0 amide bonds. The lowest BCUT2D eigenvalue weighted by molar-refractivity contribution is 0.123. The molecule has 10 heteroatoms. The van der Waals surface area contributed by atoms with Crippen LogP contribution in [0.5, 0.6) is 0 Å². The van der Waals surface area contributed by atoms with E-state index < -0.39 is 10.0 Å². The van der Waals surface area contributed by atoms with Crippen LogP contribution in [0.15, 0.2) is 40.5 Å². The van der Waals surface area contributed by atoms with E-state index in [2.05, 4.69) is 26.5 Å². The molecule has 0 atom stereocenters. The van der Waals surface area contributed by atoms with Crippen LogP contribution in [-0.4, -0.2) is 63.3 Å². The lowest BCUT2D eigenvalue weighted by Gasteiger charge is -2.27. The number of anilines is 2. The van der Waals surface area contributed by atoms with Crippen LogP contribution in [0.1, 0.15) is 18.7 Å². The Bertz CT molecular complexity index is 886.